The van der Waals surface area contributed by atoms with Gasteiger partial charge in [-0.25, -0.2) is 9.38 Å². The summed E-state index contributed by atoms with van der Waals surface area (Å²) < 4.78 is 25.5. The van der Waals surface area contributed by atoms with Gasteiger partial charge in [0.2, 0.25) is 0 Å². The van der Waals surface area contributed by atoms with Crippen LogP contribution < -0.4 is 10.6 Å². The van der Waals surface area contributed by atoms with Crippen molar-refractivity contribution in [1.29, 1.82) is 0 Å². The first-order chi connectivity index (χ1) is 12.1. The summed E-state index contributed by atoms with van der Waals surface area (Å²) in [5.41, 5.74) is 1.56. The van der Waals surface area contributed by atoms with Gasteiger partial charge in [0, 0.05) is 23.7 Å². The van der Waals surface area contributed by atoms with Crippen molar-refractivity contribution in [3.63, 3.8) is 0 Å². The normalized spacial score (nSPS) is 12.7. The number of nitrogens with one attached hydrogen (secondary N) is 2. The minimum atomic E-state index is -1.04. The summed E-state index contributed by atoms with van der Waals surface area (Å²) in [7, 11) is -1.04. The monoisotopic (exact) mass is 361 g/mol. The summed E-state index contributed by atoms with van der Waals surface area (Å²) in [5.74, 6) is 0.958. The second kappa shape index (κ2) is 9.93. The molecule has 0 aliphatic heterocycles. The molecule has 0 radical (unpaired) electrons. The molecule has 0 fully saturated rings. The van der Waals surface area contributed by atoms with Crippen LogP contribution in [-0.2, 0) is 17.3 Å². The summed E-state index contributed by atoms with van der Waals surface area (Å²) in [6, 6.07) is 14.4. The van der Waals surface area contributed by atoms with Gasteiger partial charge in [-0.1, -0.05) is 30.3 Å². The van der Waals surface area contributed by atoms with E-state index in [2.05, 4.69) is 15.6 Å². The van der Waals surface area contributed by atoms with Crippen LogP contribution in [0.25, 0.3) is 0 Å². The lowest BCUT2D eigenvalue weighted by atomic mass is 10.1. The van der Waals surface area contributed by atoms with Gasteiger partial charge < -0.3 is 10.6 Å². The van der Waals surface area contributed by atoms with Crippen LogP contribution in [-0.4, -0.2) is 29.0 Å². The third-order valence-corrected chi connectivity index (χ3v) is 4.95. The summed E-state index contributed by atoms with van der Waals surface area (Å²) in [4.78, 5) is 5.32. The molecule has 134 valence electrons. The highest BCUT2D eigenvalue weighted by Gasteiger charge is 2.04. The van der Waals surface area contributed by atoms with Crippen LogP contribution in [0, 0.1) is 12.7 Å². The molecule has 2 rings (SSSR count). The van der Waals surface area contributed by atoms with Crippen LogP contribution in [0.5, 0.6) is 0 Å². The summed E-state index contributed by atoms with van der Waals surface area (Å²) in [6.45, 7) is 5.47. The highest BCUT2D eigenvalue weighted by Crippen LogP contribution is 2.10. The standard InChI is InChI=1S/C19H24FN3OS/c1-3-21-19(23-14-16-9-10-18(20)15(2)13-16)22-11-12-25(24)17-7-5-4-6-8-17/h4-10,13H,3,11-12,14H2,1-2H3,(H2,21,22,23). The van der Waals surface area contributed by atoms with Crippen molar-refractivity contribution in [1.82, 2.24) is 10.6 Å². The topological polar surface area (TPSA) is 53.5 Å². The van der Waals surface area contributed by atoms with Gasteiger partial charge in [0.1, 0.15) is 5.82 Å². The van der Waals surface area contributed by atoms with E-state index < -0.39 is 10.8 Å². The van der Waals surface area contributed by atoms with E-state index in [0.29, 0.717) is 30.4 Å². The molecule has 2 aromatic carbocycles. The fourth-order valence-electron chi connectivity index (χ4n) is 2.27. The summed E-state index contributed by atoms with van der Waals surface area (Å²) in [6.07, 6.45) is 0. The van der Waals surface area contributed by atoms with Crippen molar-refractivity contribution >= 4 is 16.8 Å². The number of hydrogen-bond donors (Lipinski definition) is 2. The van der Waals surface area contributed by atoms with E-state index in [1.165, 1.54) is 6.07 Å². The quantitative estimate of drug-likeness (QED) is 0.589. The Labute approximate surface area is 151 Å². The molecule has 0 saturated heterocycles. The van der Waals surface area contributed by atoms with Crippen molar-refractivity contribution in [2.75, 3.05) is 18.8 Å². The van der Waals surface area contributed by atoms with Crippen molar-refractivity contribution in [3.05, 3.63) is 65.5 Å². The zero-order valence-corrected chi connectivity index (χ0v) is 15.4. The SMILES string of the molecule is CCNC(=NCc1ccc(F)c(C)c1)NCCS(=O)c1ccccc1. The smallest absolute Gasteiger partial charge is 0.191 e. The van der Waals surface area contributed by atoms with E-state index >= 15 is 0 Å². The molecule has 0 amide bonds. The molecule has 2 N–H and O–H groups in total. The van der Waals surface area contributed by atoms with Crippen molar-refractivity contribution in [3.8, 4) is 0 Å². The molecule has 0 heterocycles. The Balaban J connectivity index is 1.89. The molecule has 1 atom stereocenters. The first-order valence-electron chi connectivity index (χ1n) is 8.30. The first-order valence-corrected chi connectivity index (χ1v) is 9.62. The van der Waals surface area contributed by atoms with Gasteiger partial charge in [0.15, 0.2) is 5.96 Å². The van der Waals surface area contributed by atoms with Crippen LogP contribution in [0.2, 0.25) is 0 Å². The molecule has 0 bridgehead atoms. The fraction of sp³-hybridized carbons (Fsp3) is 0.316. The predicted molar refractivity (Wildman–Crippen MR) is 102 cm³/mol. The van der Waals surface area contributed by atoms with Crippen LogP contribution in [0.1, 0.15) is 18.1 Å². The largest absolute Gasteiger partial charge is 0.357 e. The van der Waals surface area contributed by atoms with E-state index in [4.69, 9.17) is 0 Å². The molecule has 0 aromatic heterocycles. The maximum Gasteiger partial charge on any atom is 0.191 e. The van der Waals surface area contributed by atoms with Crippen LogP contribution >= 0.6 is 0 Å². The maximum atomic E-state index is 13.3. The molecule has 2 aromatic rings. The van der Waals surface area contributed by atoms with E-state index in [1.807, 2.05) is 37.3 Å². The van der Waals surface area contributed by atoms with Crippen molar-refractivity contribution < 1.29 is 8.60 Å². The summed E-state index contributed by atoms with van der Waals surface area (Å²) >= 11 is 0. The third-order valence-electron chi connectivity index (χ3n) is 3.57. The lowest BCUT2D eigenvalue weighted by Gasteiger charge is -2.11. The molecule has 0 saturated carbocycles. The Morgan fingerprint density at radius 1 is 1.16 bits per heavy atom. The molecule has 25 heavy (non-hydrogen) atoms. The Kier molecular flexibility index (Phi) is 7.60. The highest BCUT2D eigenvalue weighted by molar-refractivity contribution is 7.85. The lowest BCUT2D eigenvalue weighted by molar-refractivity contribution is 0.617. The third kappa shape index (κ3) is 6.31. The van der Waals surface area contributed by atoms with Crippen LogP contribution in [0.15, 0.2) is 58.4 Å². The number of guanidine groups is 1. The fourth-order valence-corrected chi connectivity index (χ4v) is 3.25. The van der Waals surface area contributed by atoms with E-state index in [9.17, 15) is 8.60 Å². The molecule has 0 spiro atoms. The maximum absolute atomic E-state index is 13.3. The molecular formula is C19H24FN3OS. The Bertz CT molecular complexity index is 735. The number of nitrogens with zero attached hydrogens (tertiary/aromatic N) is 1. The molecule has 1 unspecified atom stereocenters. The first kappa shape index (κ1) is 19.1. The number of hydrogen-bond acceptors (Lipinski definition) is 2. The van der Waals surface area contributed by atoms with E-state index in [0.717, 1.165) is 17.0 Å². The van der Waals surface area contributed by atoms with Gasteiger partial charge >= 0.3 is 0 Å². The predicted octanol–water partition coefficient (Wildman–Crippen LogP) is 3.00. The second-order valence-corrected chi connectivity index (χ2v) is 7.14. The molecular weight excluding hydrogens is 337 g/mol. The van der Waals surface area contributed by atoms with E-state index in [-0.39, 0.29) is 5.82 Å². The van der Waals surface area contributed by atoms with Gasteiger partial charge in [0.25, 0.3) is 0 Å². The summed E-state index contributed by atoms with van der Waals surface area (Å²) in [5, 5.41) is 6.35. The zero-order chi connectivity index (χ0) is 18.1. The van der Waals surface area contributed by atoms with Gasteiger partial charge in [-0.2, -0.15) is 0 Å². The number of halogens is 1. The average molecular weight is 361 g/mol. The Hall–Kier alpha value is -2.21. The Morgan fingerprint density at radius 2 is 1.92 bits per heavy atom. The van der Waals surface area contributed by atoms with Crippen LogP contribution in [0.4, 0.5) is 4.39 Å². The number of aliphatic imine (C=N–C) groups is 1. The number of aryl methyl sites for hydroxylation is 1. The zero-order valence-electron chi connectivity index (χ0n) is 14.6. The number of benzene rings is 2. The van der Waals surface area contributed by atoms with E-state index in [1.54, 1.807) is 19.1 Å². The van der Waals surface area contributed by atoms with Gasteiger partial charge in [0.05, 0.1) is 17.3 Å². The molecule has 6 heteroatoms. The van der Waals surface area contributed by atoms with Gasteiger partial charge in [-0.05, 0) is 43.2 Å². The molecule has 4 nitrogen and oxygen atoms in total. The van der Waals surface area contributed by atoms with Crippen molar-refractivity contribution in [2.24, 2.45) is 4.99 Å². The molecule has 0 aliphatic rings. The minimum Gasteiger partial charge on any atom is -0.357 e. The van der Waals surface area contributed by atoms with Gasteiger partial charge in [-0.15, -0.1) is 0 Å². The number of rotatable bonds is 7. The second-order valence-electron chi connectivity index (χ2n) is 5.57. The molecule has 0 aliphatic carbocycles. The Morgan fingerprint density at radius 3 is 2.60 bits per heavy atom. The van der Waals surface area contributed by atoms with Crippen molar-refractivity contribution in [2.45, 2.75) is 25.3 Å². The highest BCUT2D eigenvalue weighted by atomic mass is 32.2. The van der Waals surface area contributed by atoms with Crippen LogP contribution in [0.3, 0.4) is 0 Å². The average Bonchev–Trinajstić information content (AvgIpc) is 2.63. The lowest BCUT2D eigenvalue weighted by Crippen LogP contribution is -2.39. The minimum absolute atomic E-state index is 0.207. The van der Waals surface area contributed by atoms with Gasteiger partial charge in [-0.3, -0.25) is 4.21 Å².